The Hall–Kier alpha value is -1.33. The normalized spacial score (nSPS) is 16.1. The predicted octanol–water partition coefficient (Wildman–Crippen LogP) is 0.899. The van der Waals surface area contributed by atoms with E-state index in [1.54, 1.807) is 0 Å². The van der Waals surface area contributed by atoms with E-state index in [0.29, 0.717) is 5.82 Å². The Morgan fingerprint density at radius 3 is 2.88 bits per heavy atom. The summed E-state index contributed by atoms with van der Waals surface area (Å²) in [6.07, 6.45) is 2.68. The van der Waals surface area contributed by atoms with E-state index in [1.807, 2.05) is 18.2 Å². The molecule has 1 aromatic heterocycles. The summed E-state index contributed by atoms with van der Waals surface area (Å²) in [5, 5.41) is 0. The molecule has 1 aliphatic rings. The highest BCUT2D eigenvalue weighted by molar-refractivity contribution is 5.45. The van der Waals surface area contributed by atoms with Gasteiger partial charge in [-0.2, -0.15) is 0 Å². The van der Waals surface area contributed by atoms with Crippen molar-refractivity contribution in [2.45, 2.75) is 12.8 Å². The van der Waals surface area contributed by atoms with Gasteiger partial charge in [0.05, 0.1) is 0 Å². The molecule has 0 saturated carbocycles. The molecule has 94 valence electrons. The van der Waals surface area contributed by atoms with Gasteiger partial charge in [-0.25, -0.2) is 10.8 Å². The first-order chi connectivity index (χ1) is 8.29. The second kappa shape index (κ2) is 5.84. The lowest BCUT2D eigenvalue weighted by molar-refractivity contribution is 0.346. The lowest BCUT2D eigenvalue weighted by atomic mass is 10.4. The molecule has 1 fully saturated rings. The molecule has 1 aliphatic heterocycles. The molecule has 1 aromatic rings. The third-order valence-corrected chi connectivity index (χ3v) is 3.22. The van der Waals surface area contributed by atoms with Crippen LogP contribution in [0.1, 0.15) is 12.8 Å². The predicted molar refractivity (Wildman–Crippen MR) is 71.0 cm³/mol. The molecule has 3 N–H and O–H groups in total. The Morgan fingerprint density at radius 1 is 1.41 bits per heavy atom. The van der Waals surface area contributed by atoms with Gasteiger partial charge in [-0.05, 0) is 38.1 Å². The van der Waals surface area contributed by atoms with Crippen LogP contribution in [0.5, 0.6) is 0 Å². The van der Waals surface area contributed by atoms with E-state index in [0.717, 1.165) is 18.9 Å². The topological polar surface area (TPSA) is 57.4 Å². The van der Waals surface area contributed by atoms with E-state index in [9.17, 15) is 0 Å². The molecule has 17 heavy (non-hydrogen) atoms. The van der Waals surface area contributed by atoms with Crippen molar-refractivity contribution in [1.82, 2.24) is 9.88 Å². The van der Waals surface area contributed by atoms with Crippen LogP contribution < -0.4 is 16.2 Å². The summed E-state index contributed by atoms with van der Waals surface area (Å²) in [6.45, 7) is 4.59. The van der Waals surface area contributed by atoms with Crippen molar-refractivity contribution in [3.05, 3.63) is 18.2 Å². The van der Waals surface area contributed by atoms with Gasteiger partial charge < -0.3 is 15.2 Å². The fraction of sp³-hybridized carbons (Fsp3) is 0.583. The first kappa shape index (κ1) is 12.1. The minimum absolute atomic E-state index is 0.704. The molecular formula is C12H21N5. The molecule has 0 atom stereocenters. The van der Waals surface area contributed by atoms with Crippen molar-refractivity contribution < 1.29 is 0 Å². The summed E-state index contributed by atoms with van der Waals surface area (Å²) < 4.78 is 0. The van der Waals surface area contributed by atoms with Crippen LogP contribution in [0.25, 0.3) is 0 Å². The number of rotatable bonds is 5. The molecule has 5 nitrogen and oxygen atoms in total. The minimum Gasteiger partial charge on any atom is -0.358 e. The van der Waals surface area contributed by atoms with E-state index in [4.69, 9.17) is 5.84 Å². The van der Waals surface area contributed by atoms with Crippen molar-refractivity contribution in [2.75, 3.05) is 43.6 Å². The molecule has 0 amide bonds. The molecule has 0 spiro atoms. The lowest BCUT2D eigenvalue weighted by Gasteiger charge is -2.22. The highest BCUT2D eigenvalue weighted by atomic mass is 15.3. The number of nitrogens with zero attached hydrogens (tertiary/aromatic N) is 3. The number of hydrogen-bond donors (Lipinski definition) is 2. The van der Waals surface area contributed by atoms with Gasteiger partial charge in [-0.15, -0.1) is 0 Å². The van der Waals surface area contributed by atoms with E-state index in [-0.39, 0.29) is 0 Å². The summed E-state index contributed by atoms with van der Waals surface area (Å²) in [5.74, 6) is 7.02. The summed E-state index contributed by atoms with van der Waals surface area (Å²) in [4.78, 5) is 9.08. The number of anilines is 2. The van der Waals surface area contributed by atoms with Crippen LogP contribution in [0.4, 0.5) is 11.6 Å². The number of hydrogen-bond acceptors (Lipinski definition) is 5. The van der Waals surface area contributed by atoms with Crippen LogP contribution in [0, 0.1) is 0 Å². The second-order valence-electron chi connectivity index (χ2n) is 4.50. The minimum atomic E-state index is 0.704. The fourth-order valence-electron chi connectivity index (χ4n) is 2.13. The number of likely N-dealkylation sites (tertiary alicyclic amines) is 1. The van der Waals surface area contributed by atoms with Crippen molar-refractivity contribution in [3.63, 3.8) is 0 Å². The lowest BCUT2D eigenvalue weighted by Crippen LogP contribution is -2.31. The van der Waals surface area contributed by atoms with Gasteiger partial charge >= 0.3 is 0 Å². The quantitative estimate of drug-likeness (QED) is 0.586. The number of pyridine rings is 1. The number of aromatic nitrogens is 1. The first-order valence-electron chi connectivity index (χ1n) is 6.17. The number of hydrazine groups is 1. The van der Waals surface area contributed by atoms with Crippen LogP contribution in [0.2, 0.25) is 0 Å². The molecule has 2 rings (SSSR count). The zero-order valence-electron chi connectivity index (χ0n) is 10.4. The van der Waals surface area contributed by atoms with E-state index in [1.165, 1.54) is 25.9 Å². The van der Waals surface area contributed by atoms with E-state index < -0.39 is 0 Å². The zero-order chi connectivity index (χ0) is 12.1. The first-order valence-corrected chi connectivity index (χ1v) is 6.17. The summed E-state index contributed by atoms with van der Waals surface area (Å²) in [7, 11) is 2.07. The van der Waals surface area contributed by atoms with Crippen LogP contribution >= 0.6 is 0 Å². The van der Waals surface area contributed by atoms with Gasteiger partial charge in [-0.1, -0.05) is 6.07 Å². The van der Waals surface area contributed by atoms with Gasteiger partial charge in [0.15, 0.2) is 0 Å². The van der Waals surface area contributed by atoms with Gasteiger partial charge in [0, 0.05) is 20.1 Å². The Balaban J connectivity index is 1.87. The molecule has 2 heterocycles. The van der Waals surface area contributed by atoms with Crippen LogP contribution in [0.15, 0.2) is 18.2 Å². The Kier molecular flexibility index (Phi) is 4.17. The van der Waals surface area contributed by atoms with Crippen LogP contribution in [-0.2, 0) is 0 Å². The van der Waals surface area contributed by atoms with Crippen molar-refractivity contribution in [2.24, 2.45) is 5.84 Å². The maximum atomic E-state index is 5.35. The van der Waals surface area contributed by atoms with Crippen molar-refractivity contribution in [3.8, 4) is 0 Å². The molecule has 0 aliphatic carbocycles. The third kappa shape index (κ3) is 3.31. The standard InChI is InChI=1S/C12H21N5/c1-16(9-10-17-7-2-3-8-17)12-6-4-5-11(14-12)15-13/h4-6H,2-3,7-10,13H2,1H3,(H,14,15). The maximum absolute atomic E-state index is 5.35. The highest BCUT2D eigenvalue weighted by Crippen LogP contribution is 2.13. The van der Waals surface area contributed by atoms with Gasteiger partial charge in [0.2, 0.25) is 0 Å². The highest BCUT2D eigenvalue weighted by Gasteiger charge is 2.12. The monoisotopic (exact) mass is 235 g/mol. The molecule has 0 unspecified atom stereocenters. The van der Waals surface area contributed by atoms with E-state index in [2.05, 4.69) is 27.3 Å². The SMILES string of the molecule is CN(CCN1CCCC1)c1cccc(NN)n1. The molecule has 0 aromatic carbocycles. The smallest absolute Gasteiger partial charge is 0.142 e. The summed E-state index contributed by atoms with van der Waals surface area (Å²) in [5.41, 5.74) is 2.57. The summed E-state index contributed by atoms with van der Waals surface area (Å²) in [6, 6.07) is 5.83. The number of likely N-dealkylation sites (N-methyl/N-ethyl adjacent to an activating group) is 1. The average molecular weight is 235 g/mol. The second-order valence-corrected chi connectivity index (χ2v) is 4.50. The van der Waals surface area contributed by atoms with Crippen molar-refractivity contribution >= 4 is 11.6 Å². The average Bonchev–Trinajstić information content (AvgIpc) is 2.89. The largest absolute Gasteiger partial charge is 0.358 e. The molecule has 1 saturated heterocycles. The molecular weight excluding hydrogens is 214 g/mol. The summed E-state index contributed by atoms with van der Waals surface area (Å²) >= 11 is 0. The number of nitrogens with two attached hydrogens (primary N) is 1. The Labute approximate surface area is 103 Å². The van der Waals surface area contributed by atoms with E-state index >= 15 is 0 Å². The number of nitrogens with one attached hydrogen (secondary N) is 1. The van der Waals surface area contributed by atoms with Crippen LogP contribution in [-0.4, -0.2) is 43.1 Å². The van der Waals surface area contributed by atoms with Gasteiger partial charge in [0.25, 0.3) is 0 Å². The fourth-order valence-corrected chi connectivity index (χ4v) is 2.13. The third-order valence-electron chi connectivity index (χ3n) is 3.22. The van der Waals surface area contributed by atoms with Crippen LogP contribution in [0.3, 0.4) is 0 Å². The maximum Gasteiger partial charge on any atom is 0.142 e. The molecule has 5 heteroatoms. The Bertz CT molecular complexity index is 349. The van der Waals surface area contributed by atoms with Gasteiger partial charge in [-0.3, -0.25) is 0 Å². The molecule has 0 radical (unpaired) electrons. The van der Waals surface area contributed by atoms with Gasteiger partial charge in [0.1, 0.15) is 11.6 Å². The zero-order valence-corrected chi connectivity index (χ0v) is 10.4. The van der Waals surface area contributed by atoms with Crippen molar-refractivity contribution in [1.29, 1.82) is 0 Å². The molecule has 0 bridgehead atoms. The number of nitrogen functional groups attached to an aromatic ring is 1. The Morgan fingerprint density at radius 2 is 2.18 bits per heavy atom.